The number of halogens is 1. The molecule has 138 valence electrons. The Morgan fingerprint density at radius 1 is 1.07 bits per heavy atom. The van der Waals surface area contributed by atoms with Crippen LogP contribution in [0.25, 0.3) is 11.1 Å². The highest BCUT2D eigenvalue weighted by Gasteiger charge is 2.23. The summed E-state index contributed by atoms with van der Waals surface area (Å²) in [5, 5.41) is 4.23. The number of benzene rings is 2. The lowest BCUT2D eigenvalue weighted by Crippen LogP contribution is -2.30. The Balaban J connectivity index is 1.70. The summed E-state index contributed by atoms with van der Waals surface area (Å²) in [6.07, 6.45) is -1.06. The van der Waals surface area contributed by atoms with Crippen molar-refractivity contribution >= 4 is 28.9 Å². The number of ether oxygens (including phenoxy) is 1. The smallest absolute Gasteiger partial charge is 0.349 e. The molecule has 0 fully saturated rings. The molecule has 0 aliphatic carbocycles. The Labute approximate surface area is 160 Å². The molecule has 0 bridgehead atoms. The predicted octanol–water partition coefficient (Wildman–Crippen LogP) is 5.05. The summed E-state index contributed by atoms with van der Waals surface area (Å²) >= 11 is 1.25. The predicted molar refractivity (Wildman–Crippen MR) is 104 cm³/mol. The van der Waals surface area contributed by atoms with E-state index in [9.17, 15) is 14.0 Å². The fourth-order valence-electron chi connectivity index (χ4n) is 2.49. The van der Waals surface area contributed by atoms with Crippen molar-refractivity contribution in [2.24, 2.45) is 0 Å². The number of thiophene rings is 1. The second-order valence-electron chi connectivity index (χ2n) is 6.05. The van der Waals surface area contributed by atoms with Gasteiger partial charge in [0, 0.05) is 5.56 Å². The van der Waals surface area contributed by atoms with Gasteiger partial charge in [-0.3, -0.25) is 4.79 Å². The van der Waals surface area contributed by atoms with Gasteiger partial charge >= 0.3 is 5.97 Å². The number of anilines is 1. The quantitative estimate of drug-likeness (QED) is 0.628. The van der Waals surface area contributed by atoms with Crippen LogP contribution >= 0.6 is 11.3 Å². The summed E-state index contributed by atoms with van der Waals surface area (Å²) in [5.41, 5.74) is 2.82. The minimum atomic E-state index is -1.06. The van der Waals surface area contributed by atoms with Crippen LogP contribution in [0.1, 0.15) is 22.2 Å². The molecule has 2 aromatic carbocycles. The van der Waals surface area contributed by atoms with E-state index >= 15 is 0 Å². The maximum absolute atomic E-state index is 13.6. The zero-order valence-electron chi connectivity index (χ0n) is 14.9. The Morgan fingerprint density at radius 3 is 2.48 bits per heavy atom. The fourth-order valence-corrected chi connectivity index (χ4v) is 3.29. The SMILES string of the molecule is Cc1ccc(-c2ccsc2C(=O)O[C@@H](C)C(=O)Nc2ccccc2F)cc1. The van der Waals surface area contributed by atoms with Gasteiger partial charge in [-0.15, -0.1) is 11.3 Å². The van der Waals surface area contributed by atoms with Crippen molar-refractivity contribution in [2.45, 2.75) is 20.0 Å². The summed E-state index contributed by atoms with van der Waals surface area (Å²) in [4.78, 5) is 25.2. The number of hydrogen-bond donors (Lipinski definition) is 1. The largest absolute Gasteiger partial charge is 0.448 e. The van der Waals surface area contributed by atoms with Crippen LogP contribution in [0, 0.1) is 12.7 Å². The van der Waals surface area contributed by atoms with E-state index in [2.05, 4.69) is 5.32 Å². The first-order valence-electron chi connectivity index (χ1n) is 8.36. The minimum absolute atomic E-state index is 0.0434. The molecule has 0 saturated heterocycles. The molecule has 1 heterocycles. The minimum Gasteiger partial charge on any atom is -0.448 e. The third-order valence-electron chi connectivity index (χ3n) is 4.00. The van der Waals surface area contributed by atoms with Crippen molar-refractivity contribution < 1.29 is 18.7 Å². The van der Waals surface area contributed by atoms with E-state index in [0.29, 0.717) is 4.88 Å². The van der Waals surface area contributed by atoms with Crippen LogP contribution in [-0.4, -0.2) is 18.0 Å². The second kappa shape index (κ2) is 8.14. The zero-order valence-corrected chi connectivity index (χ0v) is 15.7. The molecule has 6 heteroatoms. The van der Waals surface area contributed by atoms with Crippen LogP contribution in [0.4, 0.5) is 10.1 Å². The first-order valence-corrected chi connectivity index (χ1v) is 9.24. The van der Waals surface area contributed by atoms with E-state index in [1.807, 2.05) is 37.3 Å². The molecule has 3 rings (SSSR count). The molecular weight excluding hydrogens is 365 g/mol. The third-order valence-corrected chi connectivity index (χ3v) is 4.89. The Kier molecular flexibility index (Phi) is 5.66. The van der Waals surface area contributed by atoms with Crippen LogP contribution in [0.15, 0.2) is 60.0 Å². The van der Waals surface area contributed by atoms with E-state index in [0.717, 1.165) is 16.7 Å². The number of rotatable bonds is 5. The Bertz CT molecular complexity index is 966. The molecule has 27 heavy (non-hydrogen) atoms. The van der Waals surface area contributed by atoms with Crippen molar-refractivity contribution in [3.8, 4) is 11.1 Å². The van der Waals surface area contributed by atoms with E-state index in [-0.39, 0.29) is 5.69 Å². The van der Waals surface area contributed by atoms with Crippen LogP contribution in [0.3, 0.4) is 0 Å². The number of hydrogen-bond acceptors (Lipinski definition) is 4. The second-order valence-corrected chi connectivity index (χ2v) is 6.96. The molecule has 0 radical (unpaired) electrons. The molecule has 0 saturated carbocycles. The van der Waals surface area contributed by atoms with Crippen molar-refractivity contribution in [2.75, 3.05) is 5.32 Å². The number of esters is 1. The van der Waals surface area contributed by atoms with Crippen LogP contribution in [-0.2, 0) is 9.53 Å². The van der Waals surface area contributed by atoms with Crippen molar-refractivity contribution in [1.82, 2.24) is 0 Å². The molecule has 4 nitrogen and oxygen atoms in total. The van der Waals surface area contributed by atoms with Gasteiger partial charge in [0.25, 0.3) is 5.91 Å². The molecule has 1 amide bonds. The van der Waals surface area contributed by atoms with Gasteiger partial charge in [-0.05, 0) is 43.0 Å². The van der Waals surface area contributed by atoms with E-state index in [4.69, 9.17) is 4.74 Å². The van der Waals surface area contributed by atoms with Crippen LogP contribution in [0.2, 0.25) is 0 Å². The Hall–Kier alpha value is -2.99. The summed E-state index contributed by atoms with van der Waals surface area (Å²) in [6.45, 7) is 3.44. The van der Waals surface area contributed by atoms with Crippen LogP contribution < -0.4 is 5.32 Å². The number of nitrogens with one attached hydrogen (secondary N) is 1. The third kappa shape index (κ3) is 4.41. The Morgan fingerprint density at radius 2 is 1.78 bits per heavy atom. The average molecular weight is 383 g/mol. The number of aryl methyl sites for hydroxylation is 1. The van der Waals surface area contributed by atoms with Gasteiger partial charge in [0.15, 0.2) is 6.10 Å². The van der Waals surface area contributed by atoms with E-state index in [1.165, 1.54) is 36.5 Å². The highest BCUT2D eigenvalue weighted by molar-refractivity contribution is 7.12. The van der Waals surface area contributed by atoms with Gasteiger partial charge in [-0.2, -0.15) is 0 Å². The maximum Gasteiger partial charge on any atom is 0.349 e. The molecule has 1 atom stereocenters. The molecule has 1 aromatic heterocycles. The van der Waals surface area contributed by atoms with Gasteiger partial charge < -0.3 is 10.1 Å². The number of para-hydroxylation sites is 1. The lowest BCUT2D eigenvalue weighted by Gasteiger charge is -2.14. The molecule has 0 aliphatic rings. The molecule has 1 N–H and O–H groups in total. The standard InChI is InChI=1S/C21H18FNO3S/c1-13-7-9-15(10-8-13)16-11-12-27-19(16)21(25)26-14(2)20(24)23-18-6-4-3-5-17(18)22/h3-12,14H,1-2H3,(H,23,24)/t14-/m0/s1. The maximum atomic E-state index is 13.6. The van der Waals surface area contributed by atoms with Crippen molar-refractivity contribution in [1.29, 1.82) is 0 Å². The molecule has 0 unspecified atom stereocenters. The van der Waals surface area contributed by atoms with Gasteiger partial charge in [0.05, 0.1) is 5.69 Å². The van der Waals surface area contributed by atoms with Crippen molar-refractivity contribution in [3.63, 3.8) is 0 Å². The molecule has 0 aliphatic heterocycles. The first kappa shape index (κ1) is 18.8. The molecule has 0 spiro atoms. The highest BCUT2D eigenvalue weighted by atomic mass is 32.1. The summed E-state index contributed by atoms with van der Waals surface area (Å²) < 4.78 is 18.9. The highest BCUT2D eigenvalue weighted by Crippen LogP contribution is 2.29. The molecular formula is C21H18FNO3S. The van der Waals surface area contributed by atoms with Crippen LogP contribution in [0.5, 0.6) is 0 Å². The summed E-state index contributed by atoms with van der Waals surface area (Å²) in [5.74, 6) is -1.73. The topological polar surface area (TPSA) is 55.4 Å². The number of carbonyl (C=O) groups is 2. The lowest BCUT2D eigenvalue weighted by molar-refractivity contribution is -0.123. The fraction of sp³-hybridized carbons (Fsp3) is 0.143. The van der Waals surface area contributed by atoms with E-state index in [1.54, 1.807) is 11.4 Å². The average Bonchev–Trinajstić information content (AvgIpc) is 3.14. The number of amides is 1. The summed E-state index contributed by atoms with van der Waals surface area (Å²) in [7, 11) is 0. The first-order chi connectivity index (χ1) is 13.0. The van der Waals surface area contributed by atoms with Gasteiger partial charge in [-0.1, -0.05) is 42.0 Å². The number of carbonyl (C=O) groups excluding carboxylic acids is 2. The van der Waals surface area contributed by atoms with E-state index < -0.39 is 23.8 Å². The molecule has 3 aromatic rings. The van der Waals surface area contributed by atoms with Gasteiger partial charge in [0.2, 0.25) is 0 Å². The van der Waals surface area contributed by atoms with Gasteiger partial charge in [-0.25, -0.2) is 9.18 Å². The lowest BCUT2D eigenvalue weighted by atomic mass is 10.1. The van der Waals surface area contributed by atoms with Crippen molar-refractivity contribution in [3.05, 3.63) is 76.2 Å². The monoisotopic (exact) mass is 383 g/mol. The normalized spacial score (nSPS) is 11.7. The van der Waals surface area contributed by atoms with Gasteiger partial charge in [0.1, 0.15) is 10.7 Å². The summed E-state index contributed by atoms with van der Waals surface area (Å²) in [6, 6.07) is 15.5. The zero-order chi connectivity index (χ0) is 19.4.